The van der Waals surface area contributed by atoms with E-state index in [2.05, 4.69) is 0 Å². The van der Waals surface area contributed by atoms with Gasteiger partial charge in [0.15, 0.2) is 0 Å². The Morgan fingerprint density at radius 3 is 2.79 bits per heavy atom. The zero-order valence-corrected chi connectivity index (χ0v) is 12.2. The molecule has 112 valence electrons. The highest BCUT2D eigenvalue weighted by atomic mass is 16.5. The molecule has 2 fully saturated rings. The lowest BCUT2D eigenvalue weighted by atomic mass is 9.74. The molecule has 2 unspecified atom stereocenters. The van der Waals surface area contributed by atoms with Gasteiger partial charge in [-0.05, 0) is 31.6 Å². The van der Waals surface area contributed by atoms with Crippen LogP contribution < -0.4 is 5.73 Å². The monoisotopic (exact) mass is 271 g/mol. The number of methoxy groups -OCH3 is 1. The molecule has 1 spiro atoms. The second kappa shape index (κ2) is 7.58. The fourth-order valence-electron chi connectivity index (χ4n) is 3.47. The number of nitrogens with two attached hydrogens (primary N) is 1. The van der Waals surface area contributed by atoms with Gasteiger partial charge in [0, 0.05) is 19.8 Å². The van der Waals surface area contributed by atoms with E-state index in [1.807, 2.05) is 0 Å². The topological polar surface area (TPSA) is 53.7 Å². The van der Waals surface area contributed by atoms with Crippen LogP contribution in [0.2, 0.25) is 0 Å². The van der Waals surface area contributed by atoms with Crippen LogP contribution >= 0.6 is 0 Å². The Balaban J connectivity index is 1.76. The van der Waals surface area contributed by atoms with Gasteiger partial charge in [0.1, 0.15) is 0 Å². The molecule has 1 aliphatic heterocycles. The molecule has 2 N–H and O–H groups in total. The molecule has 0 aromatic carbocycles. The molecule has 1 saturated carbocycles. The van der Waals surface area contributed by atoms with E-state index in [-0.39, 0.29) is 11.6 Å². The SMILES string of the molecule is COCCOCC(N)C1CCOC2(CCCCC2)C1. The lowest BCUT2D eigenvalue weighted by Crippen LogP contribution is -2.47. The molecule has 2 rings (SSSR count). The summed E-state index contributed by atoms with van der Waals surface area (Å²) in [6.07, 6.45) is 8.64. The summed E-state index contributed by atoms with van der Waals surface area (Å²) < 4.78 is 16.7. The van der Waals surface area contributed by atoms with Crippen molar-refractivity contribution in [3.63, 3.8) is 0 Å². The standard InChI is InChI=1S/C15H29NO3/c1-17-9-10-18-12-14(16)13-5-8-19-15(11-13)6-3-2-4-7-15/h13-14H,2-12,16H2,1H3. The van der Waals surface area contributed by atoms with Crippen molar-refractivity contribution in [1.82, 2.24) is 0 Å². The van der Waals surface area contributed by atoms with Crippen molar-refractivity contribution in [3.05, 3.63) is 0 Å². The molecule has 1 aliphatic carbocycles. The summed E-state index contributed by atoms with van der Waals surface area (Å²) in [6.45, 7) is 2.80. The Bertz CT molecular complexity index is 248. The van der Waals surface area contributed by atoms with Crippen LogP contribution in [0.25, 0.3) is 0 Å². The summed E-state index contributed by atoms with van der Waals surface area (Å²) in [4.78, 5) is 0. The first-order valence-corrected chi connectivity index (χ1v) is 7.72. The smallest absolute Gasteiger partial charge is 0.0701 e. The normalized spacial score (nSPS) is 28.4. The minimum atomic E-state index is 0.138. The molecule has 0 bridgehead atoms. The second-order valence-electron chi connectivity index (χ2n) is 6.08. The number of ether oxygens (including phenoxy) is 3. The first kappa shape index (κ1) is 15.2. The molecular weight excluding hydrogens is 242 g/mol. The predicted octanol–water partition coefficient (Wildman–Crippen LogP) is 2.11. The lowest BCUT2D eigenvalue weighted by Gasteiger charge is -2.45. The van der Waals surface area contributed by atoms with Crippen LogP contribution in [-0.4, -0.2) is 45.2 Å². The van der Waals surface area contributed by atoms with Gasteiger partial charge in [-0.1, -0.05) is 19.3 Å². The third kappa shape index (κ3) is 4.42. The molecule has 1 saturated heterocycles. The molecule has 0 amide bonds. The van der Waals surface area contributed by atoms with Crippen LogP contribution in [0, 0.1) is 5.92 Å². The highest BCUT2D eigenvalue weighted by molar-refractivity contribution is 4.92. The van der Waals surface area contributed by atoms with Crippen molar-refractivity contribution in [2.75, 3.05) is 33.5 Å². The van der Waals surface area contributed by atoms with E-state index in [0.29, 0.717) is 25.7 Å². The minimum absolute atomic E-state index is 0.138. The van der Waals surface area contributed by atoms with Gasteiger partial charge in [0.05, 0.1) is 25.4 Å². The third-order valence-electron chi connectivity index (χ3n) is 4.64. The van der Waals surface area contributed by atoms with Gasteiger partial charge < -0.3 is 19.9 Å². The van der Waals surface area contributed by atoms with E-state index >= 15 is 0 Å². The number of hydrogen-bond donors (Lipinski definition) is 1. The van der Waals surface area contributed by atoms with E-state index in [0.717, 1.165) is 19.4 Å². The van der Waals surface area contributed by atoms with Gasteiger partial charge >= 0.3 is 0 Å². The molecular formula is C15H29NO3. The Hall–Kier alpha value is -0.160. The quantitative estimate of drug-likeness (QED) is 0.752. The van der Waals surface area contributed by atoms with Crippen LogP contribution in [0.4, 0.5) is 0 Å². The Morgan fingerprint density at radius 1 is 1.26 bits per heavy atom. The molecule has 2 aliphatic rings. The van der Waals surface area contributed by atoms with Crippen molar-refractivity contribution < 1.29 is 14.2 Å². The fourth-order valence-corrected chi connectivity index (χ4v) is 3.47. The summed E-state index contributed by atoms with van der Waals surface area (Å²) in [5.41, 5.74) is 6.44. The first-order valence-electron chi connectivity index (χ1n) is 7.72. The summed E-state index contributed by atoms with van der Waals surface area (Å²) in [7, 11) is 1.69. The Morgan fingerprint density at radius 2 is 2.05 bits per heavy atom. The van der Waals surface area contributed by atoms with E-state index in [9.17, 15) is 0 Å². The van der Waals surface area contributed by atoms with Crippen LogP contribution in [0.1, 0.15) is 44.9 Å². The predicted molar refractivity (Wildman–Crippen MR) is 75.2 cm³/mol. The summed E-state index contributed by atoms with van der Waals surface area (Å²) in [5.74, 6) is 0.550. The molecule has 1 heterocycles. The zero-order chi connectivity index (χ0) is 13.6. The van der Waals surface area contributed by atoms with Crippen LogP contribution in [0.3, 0.4) is 0 Å². The Kier molecular flexibility index (Phi) is 6.07. The van der Waals surface area contributed by atoms with Crippen molar-refractivity contribution in [1.29, 1.82) is 0 Å². The molecule has 0 aromatic heterocycles. The first-order chi connectivity index (χ1) is 9.26. The van der Waals surface area contributed by atoms with Gasteiger partial charge in [-0.3, -0.25) is 0 Å². The highest BCUT2D eigenvalue weighted by Gasteiger charge is 2.39. The van der Waals surface area contributed by atoms with Gasteiger partial charge in [0.2, 0.25) is 0 Å². The molecule has 19 heavy (non-hydrogen) atoms. The third-order valence-corrected chi connectivity index (χ3v) is 4.64. The summed E-state index contributed by atoms with van der Waals surface area (Å²) >= 11 is 0. The lowest BCUT2D eigenvalue weighted by molar-refractivity contribution is -0.123. The van der Waals surface area contributed by atoms with Gasteiger partial charge in [-0.25, -0.2) is 0 Å². The second-order valence-corrected chi connectivity index (χ2v) is 6.08. The van der Waals surface area contributed by atoms with Crippen LogP contribution in [0.5, 0.6) is 0 Å². The average Bonchev–Trinajstić information content (AvgIpc) is 2.44. The molecule has 0 radical (unpaired) electrons. The molecule has 2 atom stereocenters. The Labute approximate surface area is 117 Å². The fraction of sp³-hybridized carbons (Fsp3) is 1.00. The van der Waals surface area contributed by atoms with E-state index in [4.69, 9.17) is 19.9 Å². The molecule has 4 nitrogen and oxygen atoms in total. The van der Waals surface area contributed by atoms with Gasteiger partial charge in [0.25, 0.3) is 0 Å². The van der Waals surface area contributed by atoms with Gasteiger partial charge in [-0.2, -0.15) is 0 Å². The highest BCUT2D eigenvalue weighted by Crippen LogP contribution is 2.41. The molecule has 0 aromatic rings. The maximum Gasteiger partial charge on any atom is 0.0701 e. The van der Waals surface area contributed by atoms with E-state index in [1.54, 1.807) is 7.11 Å². The van der Waals surface area contributed by atoms with Crippen molar-refractivity contribution in [3.8, 4) is 0 Å². The van der Waals surface area contributed by atoms with Crippen molar-refractivity contribution in [2.45, 2.75) is 56.6 Å². The van der Waals surface area contributed by atoms with Crippen molar-refractivity contribution >= 4 is 0 Å². The minimum Gasteiger partial charge on any atom is -0.382 e. The van der Waals surface area contributed by atoms with E-state index in [1.165, 1.54) is 32.1 Å². The zero-order valence-electron chi connectivity index (χ0n) is 12.2. The number of rotatable bonds is 6. The summed E-state index contributed by atoms with van der Waals surface area (Å²) in [5, 5.41) is 0. The van der Waals surface area contributed by atoms with Crippen LogP contribution in [-0.2, 0) is 14.2 Å². The van der Waals surface area contributed by atoms with Gasteiger partial charge in [-0.15, -0.1) is 0 Å². The summed E-state index contributed by atoms with van der Waals surface area (Å²) in [6, 6.07) is 0.138. The maximum atomic E-state index is 6.30. The average molecular weight is 271 g/mol. The maximum absolute atomic E-state index is 6.30. The van der Waals surface area contributed by atoms with Crippen molar-refractivity contribution in [2.24, 2.45) is 11.7 Å². The van der Waals surface area contributed by atoms with Crippen LogP contribution in [0.15, 0.2) is 0 Å². The molecule has 4 heteroatoms. The van der Waals surface area contributed by atoms with E-state index < -0.39 is 0 Å². The largest absolute Gasteiger partial charge is 0.382 e. The number of hydrogen-bond acceptors (Lipinski definition) is 4.